The summed E-state index contributed by atoms with van der Waals surface area (Å²) >= 11 is 4.51. The van der Waals surface area contributed by atoms with Gasteiger partial charge in [0.2, 0.25) is 0 Å². The van der Waals surface area contributed by atoms with Crippen molar-refractivity contribution in [2.24, 2.45) is 0 Å². The first-order valence-corrected chi connectivity index (χ1v) is 2.72. The van der Waals surface area contributed by atoms with Crippen LogP contribution < -0.4 is 5.32 Å². The van der Waals surface area contributed by atoms with Gasteiger partial charge in [0, 0.05) is 11.9 Å². The van der Waals surface area contributed by atoms with Gasteiger partial charge < -0.3 is 5.32 Å². The van der Waals surface area contributed by atoms with Crippen LogP contribution in [0.25, 0.3) is 0 Å². The molecule has 0 aromatic carbocycles. The van der Waals surface area contributed by atoms with Crippen molar-refractivity contribution in [3.05, 3.63) is 12.3 Å². The maximum atomic E-state index is 4.51. The molecule has 0 aliphatic heterocycles. The zero-order valence-electron chi connectivity index (χ0n) is 4.35. The molecule has 40 valence electrons. The molecule has 1 nitrogen and oxygen atoms in total. The van der Waals surface area contributed by atoms with Crippen LogP contribution in [0, 0.1) is 0 Å². The predicted molar refractivity (Wildman–Crippen MR) is 36.5 cm³/mol. The third-order valence-corrected chi connectivity index (χ3v) is 0.654. The van der Waals surface area contributed by atoms with E-state index in [-0.39, 0.29) is 0 Å². The van der Waals surface area contributed by atoms with E-state index in [0.717, 1.165) is 6.54 Å². The number of hydrogen-bond acceptors (Lipinski definition) is 2. The second kappa shape index (κ2) is 5.63. The lowest BCUT2D eigenvalue weighted by atomic mass is 10.6. The first kappa shape index (κ1) is 6.63. The Kier molecular flexibility index (Phi) is 5.33. The number of nitrogens with one attached hydrogen (secondary N) is 1. The largest absolute Gasteiger partial charge is 0.391 e. The fourth-order valence-electron chi connectivity index (χ4n) is 0.225. The summed E-state index contributed by atoms with van der Waals surface area (Å²) in [5, 5.41) is 4.54. The number of thiocarbonyl (C=S) groups is 1. The summed E-state index contributed by atoms with van der Waals surface area (Å²) < 4.78 is 0. The monoisotopic (exact) mass is 115 g/mol. The Bertz CT molecular complexity index is 68.5. The average molecular weight is 115 g/mol. The van der Waals surface area contributed by atoms with Gasteiger partial charge in [-0.3, -0.25) is 0 Å². The van der Waals surface area contributed by atoms with Crippen LogP contribution in [0.1, 0.15) is 6.92 Å². The van der Waals surface area contributed by atoms with Gasteiger partial charge >= 0.3 is 0 Å². The van der Waals surface area contributed by atoms with Gasteiger partial charge in [0.25, 0.3) is 0 Å². The highest BCUT2D eigenvalue weighted by molar-refractivity contribution is 7.79. The number of hydrogen-bond donors (Lipinski definition) is 1. The van der Waals surface area contributed by atoms with Crippen molar-refractivity contribution < 1.29 is 0 Å². The molecular formula is C5H9NS. The third kappa shape index (κ3) is 5.63. The van der Waals surface area contributed by atoms with Gasteiger partial charge in [0.05, 0.1) is 0 Å². The highest BCUT2D eigenvalue weighted by Crippen LogP contribution is 1.60. The van der Waals surface area contributed by atoms with Crippen molar-refractivity contribution in [1.82, 2.24) is 5.32 Å². The molecule has 7 heavy (non-hydrogen) atoms. The lowest BCUT2D eigenvalue weighted by molar-refractivity contribution is 0.921. The molecule has 0 amide bonds. The molecule has 0 aliphatic carbocycles. The zero-order chi connectivity index (χ0) is 5.54. The summed E-state index contributed by atoms with van der Waals surface area (Å²) in [6.45, 7) is 2.99. The van der Waals surface area contributed by atoms with Gasteiger partial charge in [0.1, 0.15) is 0 Å². The number of rotatable bonds is 3. The first-order valence-electron chi connectivity index (χ1n) is 2.25. The Morgan fingerprint density at radius 1 is 1.71 bits per heavy atom. The maximum Gasteiger partial charge on any atom is 0.0113 e. The van der Waals surface area contributed by atoms with E-state index < -0.39 is 0 Å². The Morgan fingerprint density at radius 3 is 2.86 bits per heavy atom. The maximum absolute atomic E-state index is 4.51. The molecule has 0 aromatic heterocycles. The topological polar surface area (TPSA) is 12.0 Å². The summed E-state index contributed by atoms with van der Waals surface area (Å²) in [7, 11) is 0. The minimum absolute atomic E-state index is 0.958. The van der Waals surface area contributed by atoms with Crippen LogP contribution in [-0.2, 0) is 0 Å². The molecule has 0 rings (SSSR count). The molecule has 0 aliphatic rings. The van der Waals surface area contributed by atoms with Crippen molar-refractivity contribution >= 4 is 17.6 Å². The summed E-state index contributed by atoms with van der Waals surface area (Å²) in [6, 6.07) is 0. The van der Waals surface area contributed by atoms with Crippen LogP contribution in [-0.4, -0.2) is 11.9 Å². The summed E-state index contributed by atoms with van der Waals surface area (Å²) in [5.41, 5.74) is 0. The first-order chi connectivity index (χ1) is 3.41. The van der Waals surface area contributed by atoms with Gasteiger partial charge in [0.15, 0.2) is 0 Å². The molecule has 0 aromatic rings. The third-order valence-electron chi connectivity index (χ3n) is 0.497. The fraction of sp³-hybridized carbons (Fsp3) is 0.400. The van der Waals surface area contributed by atoms with Crippen LogP contribution >= 0.6 is 12.2 Å². The molecule has 0 spiro atoms. The van der Waals surface area contributed by atoms with E-state index in [2.05, 4.69) is 17.5 Å². The van der Waals surface area contributed by atoms with Crippen molar-refractivity contribution in [2.75, 3.05) is 6.54 Å². The van der Waals surface area contributed by atoms with Crippen molar-refractivity contribution in [2.45, 2.75) is 6.92 Å². The minimum Gasteiger partial charge on any atom is -0.391 e. The van der Waals surface area contributed by atoms with E-state index >= 15 is 0 Å². The molecule has 0 heterocycles. The van der Waals surface area contributed by atoms with Crippen molar-refractivity contribution in [3.63, 3.8) is 0 Å². The van der Waals surface area contributed by atoms with Crippen LogP contribution in [0.4, 0.5) is 0 Å². The summed E-state index contributed by atoms with van der Waals surface area (Å²) in [6.07, 6.45) is 3.62. The van der Waals surface area contributed by atoms with Crippen LogP contribution in [0.15, 0.2) is 12.3 Å². The van der Waals surface area contributed by atoms with E-state index in [0.29, 0.717) is 0 Å². The van der Waals surface area contributed by atoms with Gasteiger partial charge in [-0.05, 0) is 19.2 Å². The van der Waals surface area contributed by atoms with E-state index in [1.54, 1.807) is 11.4 Å². The molecule has 1 N–H and O–H groups in total. The van der Waals surface area contributed by atoms with Crippen LogP contribution in [0.2, 0.25) is 0 Å². The molecule has 0 atom stereocenters. The Morgan fingerprint density at radius 2 is 2.43 bits per heavy atom. The lowest BCUT2D eigenvalue weighted by Gasteiger charge is -1.85. The smallest absolute Gasteiger partial charge is 0.0113 e. The molecule has 0 fully saturated rings. The molecule has 2 heteroatoms. The molecule has 0 radical (unpaired) electrons. The van der Waals surface area contributed by atoms with Gasteiger partial charge in [-0.25, -0.2) is 0 Å². The average Bonchev–Trinajstić information content (AvgIpc) is 1.69. The van der Waals surface area contributed by atoms with E-state index in [1.165, 1.54) is 0 Å². The quantitative estimate of drug-likeness (QED) is 0.437. The Hall–Kier alpha value is -0.370. The SMILES string of the molecule is CCN/C=C\C=S. The van der Waals surface area contributed by atoms with E-state index in [4.69, 9.17) is 0 Å². The lowest BCUT2D eigenvalue weighted by Crippen LogP contribution is -2.00. The predicted octanol–water partition coefficient (Wildman–Crippen LogP) is 1.11. The fourth-order valence-corrected chi connectivity index (χ4v) is 0.304. The highest BCUT2D eigenvalue weighted by atomic mass is 32.1. The molecule has 0 saturated carbocycles. The molecule has 0 bridgehead atoms. The van der Waals surface area contributed by atoms with Gasteiger partial charge in [-0.1, -0.05) is 12.2 Å². The van der Waals surface area contributed by atoms with Crippen LogP contribution in [0.5, 0.6) is 0 Å². The van der Waals surface area contributed by atoms with E-state index in [1.807, 2.05) is 13.1 Å². The summed E-state index contributed by atoms with van der Waals surface area (Å²) in [4.78, 5) is 0. The zero-order valence-corrected chi connectivity index (χ0v) is 5.16. The second-order valence-corrected chi connectivity index (χ2v) is 1.33. The van der Waals surface area contributed by atoms with Crippen molar-refractivity contribution in [3.8, 4) is 0 Å². The number of allylic oxidation sites excluding steroid dienone is 1. The molecular weight excluding hydrogens is 106 g/mol. The summed E-state index contributed by atoms with van der Waals surface area (Å²) in [5.74, 6) is 0. The van der Waals surface area contributed by atoms with Gasteiger partial charge in [-0.2, -0.15) is 0 Å². The Labute approximate surface area is 49.4 Å². The standard InChI is InChI=1S/C5H9NS/c1-2-6-4-3-5-7/h3-6H,2H2,1H3/b4-3-. The Balaban J connectivity index is 2.92. The minimum atomic E-state index is 0.958. The van der Waals surface area contributed by atoms with Crippen molar-refractivity contribution in [1.29, 1.82) is 0 Å². The van der Waals surface area contributed by atoms with Gasteiger partial charge in [-0.15, -0.1) is 0 Å². The highest BCUT2D eigenvalue weighted by Gasteiger charge is 1.60. The molecule has 0 saturated heterocycles. The molecule has 0 unspecified atom stereocenters. The normalized spacial score (nSPS) is 9.29. The van der Waals surface area contributed by atoms with E-state index in [9.17, 15) is 0 Å². The second-order valence-electron chi connectivity index (χ2n) is 1.05. The van der Waals surface area contributed by atoms with Crippen LogP contribution in [0.3, 0.4) is 0 Å².